The van der Waals surface area contributed by atoms with Crippen molar-refractivity contribution in [1.29, 1.82) is 0 Å². The Morgan fingerprint density at radius 1 is 1.14 bits per heavy atom. The Labute approximate surface area is 88.7 Å². The molecule has 1 aromatic heterocycles. The molecule has 0 unspecified atom stereocenters. The fourth-order valence-electron chi connectivity index (χ4n) is 1.43. The van der Waals surface area contributed by atoms with Crippen LogP contribution in [0.2, 0.25) is 5.02 Å². The van der Waals surface area contributed by atoms with Gasteiger partial charge in [-0.15, -0.1) is 0 Å². The summed E-state index contributed by atoms with van der Waals surface area (Å²) in [5.41, 5.74) is 2.09. The first-order valence-corrected chi connectivity index (χ1v) is 5.11. The minimum atomic E-state index is 0.457. The molecule has 1 heterocycles. The fourth-order valence-corrected chi connectivity index (χ4v) is 1.59. The molecule has 0 radical (unpaired) electrons. The molecule has 0 N–H and O–H groups in total. The maximum atomic E-state index is 5.91. The number of pyridine rings is 1. The number of benzene rings is 1. The summed E-state index contributed by atoms with van der Waals surface area (Å²) in [5.74, 6) is 0.457. The zero-order valence-corrected chi connectivity index (χ0v) is 9.05. The van der Waals surface area contributed by atoms with Crippen molar-refractivity contribution in [2.24, 2.45) is 0 Å². The normalized spacial score (nSPS) is 11.1. The van der Waals surface area contributed by atoms with E-state index in [1.54, 1.807) is 0 Å². The average Bonchev–Trinajstić information content (AvgIpc) is 2.16. The summed E-state index contributed by atoms with van der Waals surface area (Å²) in [5, 5.41) is 1.88. The van der Waals surface area contributed by atoms with Gasteiger partial charge in [-0.2, -0.15) is 0 Å². The standard InChI is InChI=1S/C12H12ClN/c1-8(2)11-6-4-9-3-5-10(13)7-12(9)14-11/h3-8H,1-2H3. The molecule has 1 aromatic carbocycles. The maximum Gasteiger partial charge on any atom is 0.0720 e. The number of hydrogen-bond acceptors (Lipinski definition) is 1. The Hall–Kier alpha value is -1.08. The fraction of sp³-hybridized carbons (Fsp3) is 0.250. The number of nitrogens with zero attached hydrogens (tertiary/aromatic N) is 1. The predicted octanol–water partition coefficient (Wildman–Crippen LogP) is 4.01. The second-order valence-corrected chi connectivity index (χ2v) is 4.16. The van der Waals surface area contributed by atoms with E-state index in [0.29, 0.717) is 5.92 Å². The third-order valence-corrected chi connectivity index (χ3v) is 2.50. The van der Waals surface area contributed by atoms with E-state index in [1.807, 2.05) is 18.2 Å². The van der Waals surface area contributed by atoms with Crippen LogP contribution in [0.3, 0.4) is 0 Å². The summed E-state index contributed by atoms with van der Waals surface area (Å²) < 4.78 is 0. The van der Waals surface area contributed by atoms with Crippen LogP contribution < -0.4 is 0 Å². The zero-order valence-electron chi connectivity index (χ0n) is 8.29. The molecule has 1 nitrogen and oxygen atoms in total. The second kappa shape index (κ2) is 3.58. The molecule has 0 fully saturated rings. The highest BCUT2D eigenvalue weighted by molar-refractivity contribution is 6.31. The SMILES string of the molecule is CC(C)c1ccc2ccc(Cl)cc2n1. The van der Waals surface area contributed by atoms with Crippen LogP contribution in [0.1, 0.15) is 25.5 Å². The first kappa shape index (κ1) is 9.47. The van der Waals surface area contributed by atoms with Crippen molar-refractivity contribution in [3.63, 3.8) is 0 Å². The van der Waals surface area contributed by atoms with Crippen molar-refractivity contribution in [3.05, 3.63) is 41.0 Å². The summed E-state index contributed by atoms with van der Waals surface area (Å²) in [6.07, 6.45) is 0. The van der Waals surface area contributed by atoms with Crippen LogP contribution in [0, 0.1) is 0 Å². The zero-order chi connectivity index (χ0) is 10.1. The number of rotatable bonds is 1. The van der Waals surface area contributed by atoms with Crippen molar-refractivity contribution < 1.29 is 0 Å². The number of aromatic nitrogens is 1. The summed E-state index contributed by atoms with van der Waals surface area (Å²) in [6.45, 7) is 4.28. The molecule has 0 saturated heterocycles. The van der Waals surface area contributed by atoms with Gasteiger partial charge < -0.3 is 0 Å². The predicted molar refractivity (Wildman–Crippen MR) is 60.8 cm³/mol. The van der Waals surface area contributed by atoms with Gasteiger partial charge in [0.05, 0.1) is 5.52 Å². The Bertz CT molecular complexity index is 463. The van der Waals surface area contributed by atoms with E-state index in [2.05, 4.69) is 31.0 Å². The van der Waals surface area contributed by atoms with E-state index in [1.165, 1.54) is 0 Å². The third-order valence-electron chi connectivity index (χ3n) is 2.27. The molecule has 0 atom stereocenters. The van der Waals surface area contributed by atoms with Gasteiger partial charge in [0.15, 0.2) is 0 Å². The van der Waals surface area contributed by atoms with E-state index in [0.717, 1.165) is 21.6 Å². The number of hydrogen-bond donors (Lipinski definition) is 0. The van der Waals surface area contributed by atoms with Crippen LogP contribution in [0.4, 0.5) is 0 Å². The monoisotopic (exact) mass is 205 g/mol. The molecule has 0 aliphatic carbocycles. The summed E-state index contributed by atoms with van der Waals surface area (Å²) in [4.78, 5) is 4.55. The minimum absolute atomic E-state index is 0.457. The van der Waals surface area contributed by atoms with Crippen molar-refractivity contribution >= 4 is 22.5 Å². The van der Waals surface area contributed by atoms with Crippen molar-refractivity contribution in [2.45, 2.75) is 19.8 Å². The van der Waals surface area contributed by atoms with Gasteiger partial charge in [-0.05, 0) is 24.1 Å². The molecule has 0 spiro atoms. The molecule has 0 amide bonds. The van der Waals surface area contributed by atoms with Gasteiger partial charge in [-0.1, -0.05) is 37.6 Å². The lowest BCUT2D eigenvalue weighted by atomic mass is 10.1. The van der Waals surface area contributed by atoms with Crippen molar-refractivity contribution in [1.82, 2.24) is 4.98 Å². The van der Waals surface area contributed by atoms with Crippen LogP contribution in [0.15, 0.2) is 30.3 Å². The van der Waals surface area contributed by atoms with Crippen LogP contribution in [0.25, 0.3) is 10.9 Å². The number of halogens is 1. The Morgan fingerprint density at radius 2 is 1.86 bits per heavy atom. The van der Waals surface area contributed by atoms with Crippen molar-refractivity contribution in [2.75, 3.05) is 0 Å². The smallest absolute Gasteiger partial charge is 0.0720 e. The lowest BCUT2D eigenvalue weighted by Gasteiger charge is -2.05. The Balaban J connectivity index is 2.63. The van der Waals surface area contributed by atoms with Gasteiger partial charge >= 0.3 is 0 Å². The molecule has 72 valence electrons. The first-order valence-electron chi connectivity index (χ1n) is 4.73. The maximum absolute atomic E-state index is 5.91. The van der Waals surface area contributed by atoms with Gasteiger partial charge in [-0.25, -0.2) is 0 Å². The molecule has 2 aromatic rings. The highest BCUT2D eigenvalue weighted by atomic mass is 35.5. The Morgan fingerprint density at radius 3 is 2.57 bits per heavy atom. The molecule has 0 aliphatic rings. The summed E-state index contributed by atoms with van der Waals surface area (Å²) in [7, 11) is 0. The topological polar surface area (TPSA) is 12.9 Å². The van der Waals surface area contributed by atoms with E-state index < -0.39 is 0 Å². The van der Waals surface area contributed by atoms with Crippen LogP contribution >= 0.6 is 11.6 Å². The number of fused-ring (bicyclic) bond motifs is 1. The van der Waals surface area contributed by atoms with Gasteiger partial charge in [0, 0.05) is 16.1 Å². The molecule has 0 aliphatic heterocycles. The van der Waals surface area contributed by atoms with E-state index >= 15 is 0 Å². The van der Waals surface area contributed by atoms with E-state index in [-0.39, 0.29) is 0 Å². The second-order valence-electron chi connectivity index (χ2n) is 3.73. The molecular formula is C12H12ClN. The molecule has 0 bridgehead atoms. The first-order chi connectivity index (χ1) is 6.66. The lowest BCUT2D eigenvalue weighted by molar-refractivity contribution is 0.830. The molecule has 2 rings (SSSR count). The molecule has 2 heteroatoms. The van der Waals surface area contributed by atoms with Gasteiger partial charge in [-0.3, -0.25) is 4.98 Å². The Kier molecular flexibility index (Phi) is 2.42. The average molecular weight is 206 g/mol. The third kappa shape index (κ3) is 1.73. The molecular weight excluding hydrogens is 194 g/mol. The van der Waals surface area contributed by atoms with Gasteiger partial charge in [0.1, 0.15) is 0 Å². The highest BCUT2D eigenvalue weighted by Gasteiger charge is 2.02. The highest BCUT2D eigenvalue weighted by Crippen LogP contribution is 2.20. The van der Waals surface area contributed by atoms with E-state index in [4.69, 9.17) is 11.6 Å². The quantitative estimate of drug-likeness (QED) is 0.686. The summed E-state index contributed by atoms with van der Waals surface area (Å²) in [6, 6.07) is 9.95. The van der Waals surface area contributed by atoms with Gasteiger partial charge in [0.2, 0.25) is 0 Å². The van der Waals surface area contributed by atoms with E-state index in [9.17, 15) is 0 Å². The largest absolute Gasteiger partial charge is 0.253 e. The van der Waals surface area contributed by atoms with Crippen molar-refractivity contribution in [3.8, 4) is 0 Å². The van der Waals surface area contributed by atoms with Crippen LogP contribution in [0.5, 0.6) is 0 Å². The van der Waals surface area contributed by atoms with Crippen LogP contribution in [-0.4, -0.2) is 4.98 Å². The summed E-state index contributed by atoms with van der Waals surface area (Å²) >= 11 is 5.91. The van der Waals surface area contributed by atoms with Gasteiger partial charge in [0.25, 0.3) is 0 Å². The van der Waals surface area contributed by atoms with Crippen LogP contribution in [-0.2, 0) is 0 Å². The lowest BCUT2D eigenvalue weighted by Crippen LogP contribution is -1.92. The molecule has 0 saturated carbocycles. The molecule has 14 heavy (non-hydrogen) atoms. The minimum Gasteiger partial charge on any atom is -0.253 e.